The molecule has 1 fully saturated rings. The normalized spacial score (nSPS) is 23.1. The van der Waals surface area contributed by atoms with Crippen LogP contribution in [-0.4, -0.2) is 41.7 Å². The highest BCUT2D eigenvalue weighted by atomic mass is 32.2. The van der Waals surface area contributed by atoms with Crippen molar-refractivity contribution in [1.29, 1.82) is 0 Å². The summed E-state index contributed by atoms with van der Waals surface area (Å²) < 4.78 is 27.5. The van der Waals surface area contributed by atoms with Crippen LogP contribution in [0, 0.1) is 6.92 Å². The average molecular weight is 426 g/mol. The van der Waals surface area contributed by atoms with Gasteiger partial charge >= 0.3 is 0 Å². The van der Waals surface area contributed by atoms with Gasteiger partial charge in [0.15, 0.2) is 8.32 Å². The molecule has 2 rings (SSSR count). The van der Waals surface area contributed by atoms with Crippen molar-refractivity contribution < 1.29 is 13.7 Å². The highest BCUT2D eigenvalue weighted by Gasteiger charge is 2.48. The van der Waals surface area contributed by atoms with Crippen molar-refractivity contribution in [3.63, 3.8) is 0 Å². The Balaban J connectivity index is 2.38. The van der Waals surface area contributed by atoms with E-state index < -0.39 is 19.7 Å². The molecular formula is C22H39NO3SSi. The van der Waals surface area contributed by atoms with E-state index in [1.165, 1.54) is 5.56 Å². The fraction of sp³-hybridized carbons (Fsp3) is 0.727. The largest absolute Gasteiger partial charge is 0.597 e. The first-order chi connectivity index (χ1) is 12.7. The van der Waals surface area contributed by atoms with Gasteiger partial charge in [-0.15, -0.1) is 4.31 Å². The molecule has 0 bridgehead atoms. The number of methoxy groups -OCH3 is 1. The smallest absolute Gasteiger partial charge is 0.192 e. The van der Waals surface area contributed by atoms with E-state index in [2.05, 4.69) is 51.2 Å². The van der Waals surface area contributed by atoms with Crippen molar-refractivity contribution in [3.8, 4) is 5.75 Å². The van der Waals surface area contributed by atoms with Crippen molar-refractivity contribution in [2.45, 2.75) is 89.9 Å². The van der Waals surface area contributed by atoms with E-state index in [-0.39, 0.29) is 21.9 Å². The van der Waals surface area contributed by atoms with Crippen LogP contribution in [-0.2, 0) is 15.8 Å². The SMILES string of the molecule is COc1cccc([C@@H]2C[C@@H](O[Si](C)(C)C(C)(C)C)CN2[S+]([O-])C(C)(C)C)c1C. The molecule has 1 aromatic rings. The molecule has 1 aliphatic heterocycles. The van der Waals surface area contributed by atoms with Crippen LogP contribution in [0.1, 0.15) is 65.1 Å². The molecule has 0 radical (unpaired) electrons. The molecule has 0 amide bonds. The van der Waals surface area contributed by atoms with Gasteiger partial charge < -0.3 is 13.7 Å². The molecule has 1 aromatic carbocycles. The van der Waals surface area contributed by atoms with Crippen molar-refractivity contribution in [2.75, 3.05) is 13.7 Å². The maximum Gasteiger partial charge on any atom is 0.192 e. The molecule has 0 spiro atoms. The Morgan fingerprint density at radius 2 is 1.75 bits per heavy atom. The molecule has 3 atom stereocenters. The molecule has 0 aromatic heterocycles. The van der Waals surface area contributed by atoms with Gasteiger partial charge in [0.05, 0.1) is 25.8 Å². The minimum atomic E-state index is -1.89. The van der Waals surface area contributed by atoms with E-state index in [0.29, 0.717) is 6.54 Å². The molecule has 160 valence electrons. The Morgan fingerprint density at radius 3 is 2.25 bits per heavy atom. The number of hydrogen-bond acceptors (Lipinski definition) is 4. The van der Waals surface area contributed by atoms with Gasteiger partial charge in [0.1, 0.15) is 10.5 Å². The van der Waals surface area contributed by atoms with E-state index in [4.69, 9.17) is 9.16 Å². The van der Waals surface area contributed by atoms with Gasteiger partial charge in [-0.1, -0.05) is 32.9 Å². The Hall–Kier alpha value is -0.533. The van der Waals surface area contributed by atoms with Gasteiger partial charge in [-0.25, -0.2) is 0 Å². The van der Waals surface area contributed by atoms with Gasteiger partial charge in [-0.05, 0) is 69.4 Å². The van der Waals surface area contributed by atoms with Crippen LogP contribution in [0.2, 0.25) is 18.1 Å². The van der Waals surface area contributed by atoms with Gasteiger partial charge in [0.25, 0.3) is 0 Å². The predicted octanol–water partition coefficient (Wildman–Crippen LogP) is 5.60. The number of ether oxygens (including phenoxy) is 1. The highest BCUT2D eigenvalue weighted by molar-refractivity contribution is 7.90. The molecule has 4 nitrogen and oxygen atoms in total. The highest BCUT2D eigenvalue weighted by Crippen LogP contribution is 2.44. The summed E-state index contributed by atoms with van der Waals surface area (Å²) in [6.45, 7) is 20.3. The number of rotatable bonds is 5. The quantitative estimate of drug-likeness (QED) is 0.455. The zero-order chi connectivity index (χ0) is 21.5. The van der Waals surface area contributed by atoms with Crippen molar-refractivity contribution in [3.05, 3.63) is 29.3 Å². The molecule has 0 N–H and O–H groups in total. The second-order valence-electron chi connectivity index (χ2n) is 10.4. The molecule has 0 saturated carbocycles. The second-order valence-corrected chi connectivity index (χ2v) is 17.3. The summed E-state index contributed by atoms with van der Waals surface area (Å²) in [5, 5.41) is 0.158. The van der Waals surface area contributed by atoms with Crippen molar-refractivity contribution in [1.82, 2.24) is 4.31 Å². The Kier molecular flexibility index (Phi) is 7.04. The lowest BCUT2D eigenvalue weighted by molar-refractivity contribution is 0.193. The number of nitrogens with zero attached hydrogens (tertiary/aromatic N) is 1. The fourth-order valence-electron chi connectivity index (χ4n) is 3.48. The van der Waals surface area contributed by atoms with Crippen LogP contribution >= 0.6 is 0 Å². The second kappa shape index (κ2) is 8.30. The molecule has 28 heavy (non-hydrogen) atoms. The topological polar surface area (TPSA) is 44.8 Å². The zero-order valence-electron chi connectivity index (χ0n) is 19.4. The van der Waals surface area contributed by atoms with Crippen LogP contribution in [0.25, 0.3) is 0 Å². The van der Waals surface area contributed by atoms with Gasteiger partial charge in [-0.2, -0.15) is 0 Å². The summed E-state index contributed by atoms with van der Waals surface area (Å²) in [5.41, 5.74) is 2.32. The van der Waals surface area contributed by atoms with Gasteiger partial charge in [0.2, 0.25) is 0 Å². The Morgan fingerprint density at radius 1 is 1.14 bits per heavy atom. The van der Waals surface area contributed by atoms with E-state index >= 15 is 0 Å². The third kappa shape index (κ3) is 4.96. The summed E-state index contributed by atoms with van der Waals surface area (Å²) in [6, 6.07) is 6.23. The molecule has 0 aliphatic carbocycles. The number of benzene rings is 1. The molecule has 1 saturated heterocycles. The third-order valence-corrected chi connectivity index (χ3v) is 12.5. The van der Waals surface area contributed by atoms with Crippen LogP contribution < -0.4 is 4.74 Å². The maximum atomic E-state index is 13.4. The van der Waals surface area contributed by atoms with Gasteiger partial charge in [0, 0.05) is 11.4 Å². The number of hydrogen-bond donors (Lipinski definition) is 0. The average Bonchev–Trinajstić information content (AvgIpc) is 2.95. The fourth-order valence-corrected chi connectivity index (χ4v) is 6.27. The lowest BCUT2D eigenvalue weighted by Crippen LogP contribution is -2.46. The molecule has 1 unspecified atom stereocenters. The molecule has 1 heterocycles. The minimum Gasteiger partial charge on any atom is -0.597 e. The van der Waals surface area contributed by atoms with Crippen molar-refractivity contribution >= 4 is 19.7 Å². The van der Waals surface area contributed by atoms with E-state index in [1.807, 2.05) is 32.9 Å². The summed E-state index contributed by atoms with van der Waals surface area (Å²) in [5.74, 6) is 0.882. The van der Waals surface area contributed by atoms with Crippen LogP contribution in [0.5, 0.6) is 5.75 Å². The van der Waals surface area contributed by atoms with E-state index in [0.717, 1.165) is 17.7 Å². The minimum absolute atomic E-state index is 0.0740. The summed E-state index contributed by atoms with van der Waals surface area (Å²) in [4.78, 5) is 0. The monoisotopic (exact) mass is 425 g/mol. The van der Waals surface area contributed by atoms with Gasteiger partial charge in [-0.3, -0.25) is 0 Å². The first-order valence-corrected chi connectivity index (χ1v) is 14.2. The standard InChI is InChI=1S/C22H39NO3SSi/c1-16-18(12-11-13-20(16)25-8)19-14-17(26-28(9,10)22(5,6)7)15-23(19)27(24)21(2,3)4/h11-13,17,19H,14-15H2,1-10H3/t17-,19+,27?/m1/s1. The van der Waals surface area contributed by atoms with E-state index in [9.17, 15) is 4.55 Å². The Bertz CT molecular complexity index is 681. The van der Waals surface area contributed by atoms with Crippen LogP contribution in [0.4, 0.5) is 0 Å². The summed E-state index contributed by atoms with van der Waals surface area (Å²) >= 11 is -1.10. The lowest BCUT2D eigenvalue weighted by atomic mass is 9.99. The summed E-state index contributed by atoms with van der Waals surface area (Å²) in [7, 11) is -0.189. The Labute approximate surface area is 176 Å². The predicted molar refractivity (Wildman–Crippen MR) is 122 cm³/mol. The third-order valence-electron chi connectivity index (χ3n) is 6.13. The molecular weight excluding hydrogens is 386 g/mol. The zero-order valence-corrected chi connectivity index (χ0v) is 21.2. The van der Waals surface area contributed by atoms with Crippen LogP contribution in [0.15, 0.2) is 18.2 Å². The summed E-state index contributed by atoms with van der Waals surface area (Å²) in [6.07, 6.45) is 0.963. The maximum absolute atomic E-state index is 13.4. The first kappa shape index (κ1) is 23.7. The lowest BCUT2D eigenvalue weighted by Gasteiger charge is -2.38. The van der Waals surface area contributed by atoms with Crippen LogP contribution in [0.3, 0.4) is 0 Å². The first-order valence-electron chi connectivity index (χ1n) is 10.2. The van der Waals surface area contributed by atoms with E-state index in [1.54, 1.807) is 7.11 Å². The molecule has 1 aliphatic rings. The molecule has 6 heteroatoms. The van der Waals surface area contributed by atoms with Crippen molar-refractivity contribution in [2.24, 2.45) is 0 Å².